The Hall–Kier alpha value is -0.850. The third-order valence-electron chi connectivity index (χ3n) is 1.59. The normalized spacial score (nSPS) is 12.5. The maximum atomic E-state index is 8.53. The minimum atomic E-state index is 0.377. The maximum absolute atomic E-state index is 8.53. The number of nitriles is 1. The van der Waals surface area contributed by atoms with Crippen LogP contribution >= 0.6 is 11.3 Å². The van der Waals surface area contributed by atoms with Gasteiger partial charge in [0.15, 0.2) is 0 Å². The van der Waals surface area contributed by atoms with Gasteiger partial charge in [0, 0.05) is 16.2 Å². The Balaban J connectivity index is 2.82. The van der Waals surface area contributed by atoms with E-state index in [9.17, 15) is 0 Å². The number of rotatable bonds is 2. The summed E-state index contributed by atoms with van der Waals surface area (Å²) in [5.41, 5.74) is 6.22. The van der Waals surface area contributed by atoms with Gasteiger partial charge in [-0.15, -0.1) is 11.3 Å². The molecular weight excluding hydrogens is 156 g/mol. The van der Waals surface area contributed by atoms with E-state index in [1.54, 1.807) is 11.3 Å². The first-order valence-corrected chi connectivity index (χ1v) is 4.34. The number of hydrogen-bond donors (Lipinski definition) is 1. The van der Waals surface area contributed by atoms with Gasteiger partial charge >= 0.3 is 0 Å². The second-order valence-corrected chi connectivity index (χ2v) is 3.43. The molecule has 3 heteroatoms. The number of hydrogen-bond acceptors (Lipinski definition) is 3. The molecule has 1 aromatic heterocycles. The quantitative estimate of drug-likeness (QED) is 0.726. The van der Waals surface area contributed by atoms with E-state index in [1.807, 2.05) is 11.4 Å². The van der Waals surface area contributed by atoms with Crippen molar-refractivity contribution in [1.82, 2.24) is 0 Å². The standard InChI is InChI=1S/C8H10N2S/c1-6(3-9)8-2-7(4-10)5-11-8/h2,5-6H,3,9H2,1H3. The van der Waals surface area contributed by atoms with Crippen molar-refractivity contribution in [2.45, 2.75) is 12.8 Å². The molecule has 1 atom stereocenters. The highest BCUT2D eigenvalue weighted by Crippen LogP contribution is 2.22. The summed E-state index contributed by atoms with van der Waals surface area (Å²) < 4.78 is 0. The lowest BCUT2D eigenvalue weighted by Gasteiger charge is -2.02. The summed E-state index contributed by atoms with van der Waals surface area (Å²) in [6, 6.07) is 4.00. The Morgan fingerprint density at radius 1 is 1.82 bits per heavy atom. The van der Waals surface area contributed by atoms with Crippen LogP contribution in [-0.2, 0) is 0 Å². The van der Waals surface area contributed by atoms with E-state index >= 15 is 0 Å². The average Bonchev–Trinajstić information content (AvgIpc) is 2.50. The largest absolute Gasteiger partial charge is 0.330 e. The van der Waals surface area contributed by atoms with Crippen LogP contribution in [0.3, 0.4) is 0 Å². The topological polar surface area (TPSA) is 49.8 Å². The zero-order valence-corrected chi connectivity index (χ0v) is 7.19. The van der Waals surface area contributed by atoms with Crippen molar-refractivity contribution in [1.29, 1.82) is 5.26 Å². The number of nitrogens with zero attached hydrogens (tertiary/aromatic N) is 1. The molecule has 1 aromatic rings. The molecule has 2 nitrogen and oxygen atoms in total. The molecule has 0 aliphatic heterocycles. The lowest BCUT2D eigenvalue weighted by molar-refractivity contribution is 0.790. The summed E-state index contributed by atoms with van der Waals surface area (Å²) in [4.78, 5) is 1.20. The summed E-state index contributed by atoms with van der Waals surface area (Å²) in [6.07, 6.45) is 0. The Kier molecular flexibility index (Phi) is 2.64. The fraction of sp³-hybridized carbons (Fsp3) is 0.375. The van der Waals surface area contributed by atoms with Gasteiger partial charge < -0.3 is 5.73 Å². The van der Waals surface area contributed by atoms with Crippen molar-refractivity contribution in [2.75, 3.05) is 6.54 Å². The molecule has 0 aliphatic carbocycles. The molecule has 0 radical (unpaired) electrons. The van der Waals surface area contributed by atoms with Crippen molar-refractivity contribution >= 4 is 11.3 Å². The van der Waals surface area contributed by atoms with E-state index < -0.39 is 0 Å². The summed E-state index contributed by atoms with van der Waals surface area (Å²) >= 11 is 1.60. The van der Waals surface area contributed by atoms with Crippen LogP contribution in [0.4, 0.5) is 0 Å². The molecule has 1 heterocycles. The fourth-order valence-electron chi connectivity index (χ4n) is 0.786. The van der Waals surface area contributed by atoms with E-state index in [4.69, 9.17) is 11.0 Å². The molecular formula is C8H10N2S. The highest BCUT2D eigenvalue weighted by molar-refractivity contribution is 7.10. The molecule has 0 spiro atoms. The third kappa shape index (κ3) is 1.79. The monoisotopic (exact) mass is 166 g/mol. The molecule has 0 aromatic carbocycles. The van der Waals surface area contributed by atoms with Crippen LogP contribution in [0.15, 0.2) is 11.4 Å². The molecule has 1 unspecified atom stereocenters. The van der Waals surface area contributed by atoms with Gasteiger partial charge in [-0.1, -0.05) is 6.92 Å². The van der Waals surface area contributed by atoms with Gasteiger partial charge in [-0.25, -0.2) is 0 Å². The molecule has 2 N–H and O–H groups in total. The van der Waals surface area contributed by atoms with Gasteiger partial charge in [0.1, 0.15) is 6.07 Å². The van der Waals surface area contributed by atoms with Crippen LogP contribution in [0.25, 0.3) is 0 Å². The van der Waals surface area contributed by atoms with Gasteiger partial charge in [-0.3, -0.25) is 0 Å². The van der Waals surface area contributed by atoms with E-state index in [2.05, 4.69) is 13.0 Å². The first-order valence-electron chi connectivity index (χ1n) is 3.46. The second kappa shape index (κ2) is 3.51. The minimum absolute atomic E-state index is 0.377. The van der Waals surface area contributed by atoms with Gasteiger partial charge in [0.25, 0.3) is 0 Å². The van der Waals surface area contributed by atoms with Gasteiger partial charge in [0.2, 0.25) is 0 Å². The maximum Gasteiger partial charge on any atom is 0.100 e. The zero-order valence-electron chi connectivity index (χ0n) is 6.37. The highest BCUT2D eigenvalue weighted by atomic mass is 32.1. The number of thiophene rings is 1. The smallest absolute Gasteiger partial charge is 0.100 e. The molecule has 0 aliphatic rings. The van der Waals surface area contributed by atoms with E-state index in [0.717, 1.165) is 5.56 Å². The zero-order chi connectivity index (χ0) is 8.27. The predicted molar refractivity (Wildman–Crippen MR) is 46.5 cm³/mol. The Morgan fingerprint density at radius 3 is 3.00 bits per heavy atom. The third-order valence-corrected chi connectivity index (χ3v) is 2.75. The molecule has 0 saturated carbocycles. The molecule has 1 rings (SSSR count). The molecule has 0 bridgehead atoms. The molecule has 58 valence electrons. The van der Waals surface area contributed by atoms with Crippen LogP contribution in [0.1, 0.15) is 23.3 Å². The van der Waals surface area contributed by atoms with Crippen LogP contribution in [-0.4, -0.2) is 6.54 Å². The van der Waals surface area contributed by atoms with Crippen molar-refractivity contribution in [3.05, 3.63) is 21.9 Å². The van der Waals surface area contributed by atoms with Crippen LogP contribution < -0.4 is 5.73 Å². The fourth-order valence-corrected chi connectivity index (χ4v) is 1.69. The first-order chi connectivity index (χ1) is 5.27. The van der Waals surface area contributed by atoms with Gasteiger partial charge in [-0.05, 0) is 12.6 Å². The molecule has 0 saturated heterocycles. The van der Waals surface area contributed by atoms with Gasteiger partial charge in [0.05, 0.1) is 5.56 Å². The van der Waals surface area contributed by atoms with E-state index in [1.165, 1.54) is 4.88 Å². The Bertz CT molecular complexity index is 272. The first kappa shape index (κ1) is 8.25. The Morgan fingerprint density at radius 2 is 2.55 bits per heavy atom. The lowest BCUT2D eigenvalue weighted by atomic mass is 10.1. The average molecular weight is 166 g/mol. The predicted octanol–water partition coefficient (Wildman–Crippen LogP) is 1.68. The van der Waals surface area contributed by atoms with E-state index in [-0.39, 0.29) is 0 Å². The minimum Gasteiger partial charge on any atom is -0.330 e. The van der Waals surface area contributed by atoms with Crippen LogP contribution in [0.2, 0.25) is 0 Å². The van der Waals surface area contributed by atoms with Gasteiger partial charge in [-0.2, -0.15) is 5.26 Å². The molecule has 0 fully saturated rings. The molecule has 11 heavy (non-hydrogen) atoms. The van der Waals surface area contributed by atoms with Crippen molar-refractivity contribution in [3.63, 3.8) is 0 Å². The van der Waals surface area contributed by atoms with E-state index in [0.29, 0.717) is 12.5 Å². The highest BCUT2D eigenvalue weighted by Gasteiger charge is 2.05. The van der Waals surface area contributed by atoms with Crippen molar-refractivity contribution < 1.29 is 0 Å². The summed E-state index contributed by atoms with van der Waals surface area (Å²) in [6.45, 7) is 2.71. The number of nitrogens with two attached hydrogens (primary N) is 1. The second-order valence-electron chi connectivity index (χ2n) is 2.49. The van der Waals surface area contributed by atoms with Crippen LogP contribution in [0.5, 0.6) is 0 Å². The Labute approximate surface area is 70.3 Å². The van der Waals surface area contributed by atoms with Crippen molar-refractivity contribution in [3.8, 4) is 6.07 Å². The summed E-state index contributed by atoms with van der Waals surface area (Å²) in [7, 11) is 0. The summed E-state index contributed by atoms with van der Waals surface area (Å²) in [5.74, 6) is 0.377. The SMILES string of the molecule is CC(CN)c1cc(C#N)cs1. The lowest BCUT2D eigenvalue weighted by Crippen LogP contribution is -2.07. The molecule has 0 amide bonds. The van der Waals surface area contributed by atoms with Crippen molar-refractivity contribution in [2.24, 2.45) is 5.73 Å². The van der Waals surface area contributed by atoms with Crippen LogP contribution in [0, 0.1) is 11.3 Å². The summed E-state index contributed by atoms with van der Waals surface area (Å²) in [5, 5.41) is 10.4.